The molecule has 1 aromatic rings. The molecule has 2 aliphatic heterocycles. The molecule has 158 valence electrons. The molecule has 6 nitrogen and oxygen atoms in total. The van der Waals surface area contributed by atoms with Gasteiger partial charge >= 0.3 is 0 Å². The second-order valence-corrected chi connectivity index (χ2v) is 7.19. The highest BCUT2D eigenvalue weighted by molar-refractivity contribution is 14.0. The van der Waals surface area contributed by atoms with Gasteiger partial charge in [0.2, 0.25) is 0 Å². The highest BCUT2D eigenvalue weighted by Crippen LogP contribution is 2.12. The van der Waals surface area contributed by atoms with Gasteiger partial charge in [0.15, 0.2) is 5.96 Å². The molecule has 2 heterocycles. The third kappa shape index (κ3) is 7.85. The lowest BCUT2D eigenvalue weighted by atomic mass is 10.2. The molecule has 0 aromatic heterocycles. The normalized spacial score (nSPS) is 20.8. The van der Waals surface area contributed by atoms with E-state index in [1.165, 1.54) is 5.56 Å². The van der Waals surface area contributed by atoms with E-state index in [1.54, 1.807) is 0 Å². The lowest BCUT2D eigenvalue weighted by Crippen LogP contribution is -2.52. The molecule has 0 amide bonds. The van der Waals surface area contributed by atoms with Crippen LogP contribution < -0.4 is 5.32 Å². The maximum Gasteiger partial charge on any atom is 0.194 e. The summed E-state index contributed by atoms with van der Waals surface area (Å²) in [5.41, 5.74) is 1.38. The van der Waals surface area contributed by atoms with Crippen molar-refractivity contribution in [1.29, 1.82) is 0 Å². The molecule has 3 rings (SSSR count). The summed E-state index contributed by atoms with van der Waals surface area (Å²) in [5.74, 6) is 1.01. The summed E-state index contributed by atoms with van der Waals surface area (Å²) in [5, 5.41) is 3.43. The Morgan fingerprint density at radius 2 is 2.00 bits per heavy atom. The number of rotatable bonds is 8. The van der Waals surface area contributed by atoms with Crippen molar-refractivity contribution in [2.75, 3.05) is 59.1 Å². The van der Waals surface area contributed by atoms with E-state index in [2.05, 4.69) is 52.4 Å². The third-order valence-corrected chi connectivity index (χ3v) is 5.08. The van der Waals surface area contributed by atoms with Crippen LogP contribution in [0, 0.1) is 0 Å². The van der Waals surface area contributed by atoms with Gasteiger partial charge in [0.25, 0.3) is 0 Å². The van der Waals surface area contributed by atoms with Gasteiger partial charge in [-0.2, -0.15) is 0 Å². The van der Waals surface area contributed by atoms with E-state index in [-0.39, 0.29) is 24.0 Å². The Labute approximate surface area is 186 Å². The number of nitrogens with zero attached hydrogens (tertiary/aromatic N) is 3. The number of piperazine rings is 1. The summed E-state index contributed by atoms with van der Waals surface area (Å²) in [7, 11) is 0. The van der Waals surface area contributed by atoms with E-state index in [4.69, 9.17) is 14.5 Å². The van der Waals surface area contributed by atoms with Crippen LogP contribution in [0.5, 0.6) is 0 Å². The van der Waals surface area contributed by atoms with Crippen molar-refractivity contribution in [2.45, 2.75) is 32.4 Å². The maximum atomic E-state index is 5.73. The first-order chi connectivity index (χ1) is 13.3. The Bertz CT molecular complexity index is 559. The van der Waals surface area contributed by atoms with Crippen LogP contribution in [0.4, 0.5) is 0 Å². The highest BCUT2D eigenvalue weighted by Gasteiger charge is 2.19. The van der Waals surface area contributed by atoms with Crippen molar-refractivity contribution < 1.29 is 9.47 Å². The van der Waals surface area contributed by atoms with Crippen molar-refractivity contribution in [3.63, 3.8) is 0 Å². The zero-order valence-corrected chi connectivity index (χ0v) is 19.3. The predicted octanol–water partition coefficient (Wildman–Crippen LogP) is 2.58. The van der Waals surface area contributed by atoms with Gasteiger partial charge in [-0.05, 0) is 25.3 Å². The molecular formula is C21H35IN4O2. The average molecular weight is 502 g/mol. The Hall–Kier alpha value is -0.900. The first kappa shape index (κ1) is 23.4. The second kappa shape index (κ2) is 13.3. The van der Waals surface area contributed by atoms with Crippen molar-refractivity contribution in [3.05, 3.63) is 35.9 Å². The van der Waals surface area contributed by atoms with E-state index in [9.17, 15) is 0 Å². The standard InChI is InChI=1S/C21H34N4O2.HI/c1-2-22-21(23-10-16-26-18-20-9-6-15-27-20)25-13-11-24(12-14-25)17-19-7-4-3-5-8-19;/h3-5,7-8,20H,2,6,9-18H2,1H3,(H,22,23);1H. The number of halogens is 1. The Morgan fingerprint density at radius 1 is 1.21 bits per heavy atom. The minimum absolute atomic E-state index is 0. The average Bonchev–Trinajstić information content (AvgIpc) is 3.22. The Morgan fingerprint density at radius 3 is 2.68 bits per heavy atom. The third-order valence-electron chi connectivity index (χ3n) is 5.08. The predicted molar refractivity (Wildman–Crippen MR) is 124 cm³/mol. The topological polar surface area (TPSA) is 49.3 Å². The molecule has 0 radical (unpaired) electrons. The molecule has 1 aromatic carbocycles. The quantitative estimate of drug-likeness (QED) is 0.257. The fourth-order valence-corrected chi connectivity index (χ4v) is 3.59. The summed E-state index contributed by atoms with van der Waals surface area (Å²) in [6.07, 6.45) is 2.58. The number of hydrogen-bond acceptors (Lipinski definition) is 4. The van der Waals surface area contributed by atoms with Crippen LogP contribution in [0.2, 0.25) is 0 Å². The largest absolute Gasteiger partial charge is 0.377 e. The van der Waals surface area contributed by atoms with Gasteiger partial charge in [0.05, 0.1) is 25.9 Å². The summed E-state index contributed by atoms with van der Waals surface area (Å²) in [6, 6.07) is 10.7. The maximum absolute atomic E-state index is 5.73. The molecule has 0 aliphatic carbocycles. The SMILES string of the molecule is CCNC(=NCCOCC1CCCO1)N1CCN(Cc2ccccc2)CC1.I. The van der Waals surface area contributed by atoms with Crippen molar-refractivity contribution in [1.82, 2.24) is 15.1 Å². The molecule has 7 heteroatoms. The fraction of sp³-hybridized carbons (Fsp3) is 0.667. The molecule has 1 unspecified atom stereocenters. The van der Waals surface area contributed by atoms with Gasteiger partial charge in [0.1, 0.15) is 0 Å². The fourth-order valence-electron chi connectivity index (χ4n) is 3.59. The monoisotopic (exact) mass is 502 g/mol. The second-order valence-electron chi connectivity index (χ2n) is 7.19. The summed E-state index contributed by atoms with van der Waals surface area (Å²) in [4.78, 5) is 9.64. The van der Waals surface area contributed by atoms with E-state index < -0.39 is 0 Å². The number of ether oxygens (including phenoxy) is 2. The number of nitrogens with one attached hydrogen (secondary N) is 1. The number of guanidine groups is 1. The number of hydrogen-bond donors (Lipinski definition) is 1. The molecule has 28 heavy (non-hydrogen) atoms. The van der Waals surface area contributed by atoms with Crippen molar-refractivity contribution in [2.24, 2.45) is 4.99 Å². The molecule has 2 aliphatic rings. The summed E-state index contributed by atoms with van der Waals surface area (Å²) in [6.45, 7) is 11.1. The minimum atomic E-state index is 0. The van der Waals surface area contributed by atoms with Gasteiger partial charge in [-0.3, -0.25) is 9.89 Å². The van der Waals surface area contributed by atoms with Crippen molar-refractivity contribution >= 4 is 29.9 Å². The molecule has 0 saturated carbocycles. The summed E-state index contributed by atoms with van der Waals surface area (Å²) >= 11 is 0. The van der Waals surface area contributed by atoms with Crippen LogP contribution in [0.15, 0.2) is 35.3 Å². The highest BCUT2D eigenvalue weighted by atomic mass is 127. The smallest absolute Gasteiger partial charge is 0.194 e. The molecule has 2 fully saturated rings. The Kier molecular flexibility index (Phi) is 11.1. The van der Waals surface area contributed by atoms with Crippen LogP contribution in [-0.2, 0) is 16.0 Å². The van der Waals surface area contributed by atoms with Crippen LogP contribution >= 0.6 is 24.0 Å². The molecule has 1 N–H and O–H groups in total. The van der Waals surface area contributed by atoms with E-state index >= 15 is 0 Å². The molecule has 0 bridgehead atoms. The minimum Gasteiger partial charge on any atom is -0.377 e. The first-order valence-electron chi connectivity index (χ1n) is 10.3. The lowest BCUT2D eigenvalue weighted by molar-refractivity contribution is 0.0199. The summed E-state index contributed by atoms with van der Waals surface area (Å²) < 4.78 is 11.3. The van der Waals surface area contributed by atoms with Crippen LogP contribution in [0.3, 0.4) is 0 Å². The van der Waals surface area contributed by atoms with Crippen LogP contribution in [0.25, 0.3) is 0 Å². The molecule has 1 atom stereocenters. The number of aliphatic imine (C=N–C) groups is 1. The van der Waals surface area contributed by atoms with E-state index in [1.807, 2.05) is 0 Å². The molecule has 2 saturated heterocycles. The van der Waals surface area contributed by atoms with Gasteiger partial charge in [-0.25, -0.2) is 0 Å². The molecule has 0 spiro atoms. The zero-order chi connectivity index (χ0) is 18.7. The van der Waals surface area contributed by atoms with E-state index in [0.717, 1.165) is 64.7 Å². The van der Waals surface area contributed by atoms with Crippen LogP contribution in [0.1, 0.15) is 25.3 Å². The number of benzene rings is 1. The first-order valence-corrected chi connectivity index (χ1v) is 10.3. The van der Waals surface area contributed by atoms with Gasteiger partial charge in [0, 0.05) is 45.9 Å². The van der Waals surface area contributed by atoms with E-state index in [0.29, 0.717) is 25.9 Å². The molecular weight excluding hydrogens is 467 g/mol. The zero-order valence-electron chi connectivity index (χ0n) is 17.0. The van der Waals surface area contributed by atoms with Gasteiger partial charge < -0.3 is 19.7 Å². The van der Waals surface area contributed by atoms with Gasteiger partial charge in [-0.1, -0.05) is 30.3 Å². The Balaban J connectivity index is 0.00000280. The van der Waals surface area contributed by atoms with Crippen LogP contribution in [-0.4, -0.2) is 81.0 Å². The van der Waals surface area contributed by atoms with Crippen molar-refractivity contribution in [3.8, 4) is 0 Å². The lowest BCUT2D eigenvalue weighted by Gasteiger charge is -2.36. The van der Waals surface area contributed by atoms with Gasteiger partial charge in [-0.15, -0.1) is 24.0 Å².